The molecule has 0 aliphatic carbocycles. The largest absolute Gasteiger partial charge is 0.329 e. The van der Waals surface area contributed by atoms with Gasteiger partial charge in [0.2, 0.25) is 0 Å². The molecule has 1 aromatic rings. The van der Waals surface area contributed by atoms with Crippen molar-refractivity contribution in [2.45, 2.75) is 39.3 Å². The fourth-order valence-electron chi connectivity index (χ4n) is 3.23. The summed E-state index contributed by atoms with van der Waals surface area (Å²) >= 11 is 0. The van der Waals surface area contributed by atoms with Crippen molar-refractivity contribution in [2.24, 2.45) is 11.7 Å². The monoisotopic (exact) mass is 289 g/mol. The second kappa shape index (κ2) is 8.52. The van der Waals surface area contributed by atoms with Crippen LogP contribution in [0.15, 0.2) is 30.3 Å². The second-order valence-corrected chi connectivity index (χ2v) is 6.58. The first-order valence-electron chi connectivity index (χ1n) is 8.39. The molecule has 2 rings (SSSR count). The smallest absolute Gasteiger partial charge is 0.0233 e. The van der Waals surface area contributed by atoms with Gasteiger partial charge in [-0.3, -0.25) is 9.80 Å². The van der Waals surface area contributed by atoms with Crippen molar-refractivity contribution in [1.82, 2.24) is 9.80 Å². The zero-order chi connectivity index (χ0) is 15.1. The minimum Gasteiger partial charge on any atom is -0.329 e. The van der Waals surface area contributed by atoms with Crippen LogP contribution in [0, 0.1) is 5.92 Å². The summed E-state index contributed by atoms with van der Waals surface area (Å²) in [5, 5.41) is 0. The zero-order valence-electron chi connectivity index (χ0n) is 13.7. The highest BCUT2D eigenvalue weighted by Gasteiger charge is 2.22. The van der Waals surface area contributed by atoms with Crippen LogP contribution in [0.5, 0.6) is 0 Å². The van der Waals surface area contributed by atoms with Gasteiger partial charge in [-0.2, -0.15) is 0 Å². The van der Waals surface area contributed by atoms with Crippen LogP contribution in [-0.4, -0.2) is 48.6 Å². The van der Waals surface area contributed by atoms with Crippen molar-refractivity contribution in [3.63, 3.8) is 0 Å². The van der Waals surface area contributed by atoms with Gasteiger partial charge in [-0.1, -0.05) is 30.3 Å². The maximum Gasteiger partial charge on any atom is 0.0233 e. The molecule has 0 atom stereocenters. The maximum absolute atomic E-state index is 5.73. The number of nitrogens with two attached hydrogens (primary N) is 1. The Hall–Kier alpha value is -0.900. The van der Waals surface area contributed by atoms with E-state index in [1.165, 1.54) is 38.0 Å². The molecule has 0 bridgehead atoms. The molecule has 1 heterocycles. The Morgan fingerprint density at radius 3 is 2.43 bits per heavy atom. The van der Waals surface area contributed by atoms with Crippen LogP contribution in [-0.2, 0) is 6.54 Å². The summed E-state index contributed by atoms with van der Waals surface area (Å²) in [5.74, 6) is 0.839. The third-order valence-electron chi connectivity index (χ3n) is 4.60. The highest BCUT2D eigenvalue weighted by Crippen LogP contribution is 2.20. The van der Waals surface area contributed by atoms with Gasteiger partial charge in [0.25, 0.3) is 0 Å². The molecule has 0 amide bonds. The Labute approximate surface area is 130 Å². The normalized spacial score (nSPS) is 17.8. The number of hydrogen-bond acceptors (Lipinski definition) is 3. The number of rotatable bonds is 7. The first kappa shape index (κ1) is 16.5. The van der Waals surface area contributed by atoms with E-state index in [1.807, 2.05) is 0 Å². The van der Waals surface area contributed by atoms with Crippen molar-refractivity contribution in [3.05, 3.63) is 35.9 Å². The molecule has 1 fully saturated rings. The van der Waals surface area contributed by atoms with Crippen molar-refractivity contribution >= 4 is 0 Å². The molecule has 1 aliphatic rings. The second-order valence-electron chi connectivity index (χ2n) is 6.58. The number of benzene rings is 1. The Morgan fingerprint density at radius 2 is 1.86 bits per heavy atom. The number of likely N-dealkylation sites (tertiary alicyclic amines) is 1. The van der Waals surface area contributed by atoms with E-state index in [-0.39, 0.29) is 0 Å². The van der Waals surface area contributed by atoms with E-state index in [4.69, 9.17) is 5.73 Å². The SMILES string of the molecule is CC(C)N(CCN)CC1CCN(Cc2ccccc2)CC1. The van der Waals surface area contributed by atoms with Crippen LogP contribution in [0.2, 0.25) is 0 Å². The molecule has 118 valence electrons. The van der Waals surface area contributed by atoms with E-state index in [9.17, 15) is 0 Å². The Kier molecular flexibility index (Phi) is 6.68. The average molecular weight is 289 g/mol. The van der Waals surface area contributed by atoms with Gasteiger partial charge in [0, 0.05) is 32.2 Å². The summed E-state index contributed by atoms with van der Waals surface area (Å²) in [5.41, 5.74) is 7.16. The van der Waals surface area contributed by atoms with Crippen LogP contribution in [0.25, 0.3) is 0 Å². The molecule has 3 nitrogen and oxygen atoms in total. The van der Waals surface area contributed by atoms with Gasteiger partial charge in [-0.05, 0) is 51.3 Å². The lowest BCUT2D eigenvalue weighted by Crippen LogP contribution is -2.42. The van der Waals surface area contributed by atoms with Gasteiger partial charge in [0.05, 0.1) is 0 Å². The van der Waals surface area contributed by atoms with Crippen molar-refractivity contribution < 1.29 is 0 Å². The molecule has 3 heteroatoms. The molecular formula is C18H31N3. The van der Waals surface area contributed by atoms with E-state index in [1.54, 1.807) is 0 Å². The molecule has 0 unspecified atom stereocenters. The molecule has 0 radical (unpaired) electrons. The summed E-state index contributed by atoms with van der Waals surface area (Å²) in [7, 11) is 0. The number of nitrogens with zero attached hydrogens (tertiary/aromatic N) is 2. The summed E-state index contributed by atoms with van der Waals surface area (Å²) < 4.78 is 0. The number of piperidine rings is 1. The lowest BCUT2D eigenvalue weighted by Gasteiger charge is -2.36. The van der Waals surface area contributed by atoms with Gasteiger partial charge in [-0.25, -0.2) is 0 Å². The van der Waals surface area contributed by atoms with Crippen LogP contribution < -0.4 is 5.73 Å². The van der Waals surface area contributed by atoms with Crippen LogP contribution in [0.1, 0.15) is 32.3 Å². The van der Waals surface area contributed by atoms with Crippen LogP contribution in [0.3, 0.4) is 0 Å². The molecule has 0 spiro atoms. The Bertz CT molecular complexity index is 383. The number of hydrogen-bond donors (Lipinski definition) is 1. The molecule has 2 N–H and O–H groups in total. The third-order valence-corrected chi connectivity index (χ3v) is 4.60. The van der Waals surface area contributed by atoms with E-state index in [2.05, 4.69) is 54.0 Å². The summed E-state index contributed by atoms with van der Waals surface area (Å²) in [4.78, 5) is 5.13. The van der Waals surface area contributed by atoms with Crippen molar-refractivity contribution in [3.8, 4) is 0 Å². The molecule has 1 aromatic carbocycles. The predicted octanol–water partition coefficient (Wildman–Crippen LogP) is 2.57. The van der Waals surface area contributed by atoms with Gasteiger partial charge < -0.3 is 5.73 Å². The molecule has 1 aliphatic heterocycles. The van der Waals surface area contributed by atoms with Crippen molar-refractivity contribution in [1.29, 1.82) is 0 Å². The standard InChI is InChI=1S/C18H31N3/c1-16(2)21(13-10-19)15-18-8-11-20(12-9-18)14-17-6-4-3-5-7-17/h3-7,16,18H,8-15,19H2,1-2H3. The van der Waals surface area contributed by atoms with Gasteiger partial charge in [0.1, 0.15) is 0 Å². The zero-order valence-corrected chi connectivity index (χ0v) is 13.7. The van der Waals surface area contributed by atoms with E-state index in [0.29, 0.717) is 6.04 Å². The fraction of sp³-hybridized carbons (Fsp3) is 0.667. The average Bonchev–Trinajstić information content (AvgIpc) is 2.49. The Morgan fingerprint density at radius 1 is 1.19 bits per heavy atom. The Balaban J connectivity index is 1.75. The van der Waals surface area contributed by atoms with Crippen LogP contribution >= 0.6 is 0 Å². The topological polar surface area (TPSA) is 32.5 Å². The maximum atomic E-state index is 5.73. The molecule has 0 saturated carbocycles. The predicted molar refractivity (Wildman–Crippen MR) is 90.2 cm³/mol. The summed E-state index contributed by atoms with van der Waals surface area (Å²) in [6.07, 6.45) is 2.64. The molecule has 21 heavy (non-hydrogen) atoms. The van der Waals surface area contributed by atoms with Gasteiger partial charge in [0.15, 0.2) is 0 Å². The highest BCUT2D eigenvalue weighted by molar-refractivity contribution is 5.14. The van der Waals surface area contributed by atoms with Gasteiger partial charge >= 0.3 is 0 Å². The molecule has 0 aromatic heterocycles. The van der Waals surface area contributed by atoms with E-state index >= 15 is 0 Å². The van der Waals surface area contributed by atoms with Gasteiger partial charge in [-0.15, -0.1) is 0 Å². The molecule has 1 saturated heterocycles. The highest BCUT2D eigenvalue weighted by atomic mass is 15.2. The lowest BCUT2D eigenvalue weighted by molar-refractivity contribution is 0.125. The molecular weight excluding hydrogens is 258 g/mol. The first-order chi connectivity index (χ1) is 10.2. The minimum atomic E-state index is 0.607. The quantitative estimate of drug-likeness (QED) is 0.837. The first-order valence-corrected chi connectivity index (χ1v) is 8.39. The van der Waals surface area contributed by atoms with Crippen LogP contribution in [0.4, 0.5) is 0 Å². The fourth-order valence-corrected chi connectivity index (χ4v) is 3.23. The van der Waals surface area contributed by atoms with E-state index in [0.717, 1.165) is 25.6 Å². The lowest BCUT2D eigenvalue weighted by atomic mass is 9.95. The summed E-state index contributed by atoms with van der Waals surface area (Å²) in [6, 6.07) is 11.4. The third kappa shape index (κ3) is 5.42. The van der Waals surface area contributed by atoms with E-state index < -0.39 is 0 Å². The van der Waals surface area contributed by atoms with Crippen molar-refractivity contribution in [2.75, 3.05) is 32.7 Å². The summed E-state index contributed by atoms with van der Waals surface area (Å²) in [6.45, 7) is 11.1. The minimum absolute atomic E-state index is 0.607.